The number of carbonyl (C=O) groups is 1. The lowest BCUT2D eigenvalue weighted by atomic mass is 9.67. The molecular formula is C27H37Cl2N3O2. The molecule has 3 aliphatic rings. The van der Waals surface area contributed by atoms with Crippen LogP contribution in [0.2, 0.25) is 5.02 Å². The van der Waals surface area contributed by atoms with Gasteiger partial charge in [-0.15, -0.1) is 0 Å². The number of hydrogen-bond acceptors (Lipinski definition) is 4. The molecule has 1 aliphatic heterocycles. The molecule has 34 heavy (non-hydrogen) atoms. The van der Waals surface area contributed by atoms with E-state index in [0.717, 1.165) is 43.2 Å². The van der Waals surface area contributed by atoms with Crippen molar-refractivity contribution in [2.24, 2.45) is 22.5 Å². The Bertz CT molecular complexity index is 979. The predicted octanol–water partition coefficient (Wildman–Crippen LogP) is 4.62. The van der Waals surface area contributed by atoms with E-state index in [4.69, 9.17) is 28.9 Å². The highest BCUT2D eigenvalue weighted by Gasteiger charge is 2.57. The molecule has 1 aromatic rings. The van der Waals surface area contributed by atoms with Crippen molar-refractivity contribution < 1.29 is 9.90 Å². The molecule has 186 valence electrons. The first-order valence-electron chi connectivity index (χ1n) is 12.2. The highest BCUT2D eigenvalue weighted by atomic mass is 35.5. The molecule has 7 heteroatoms. The second-order valence-corrected chi connectivity index (χ2v) is 12.5. The Morgan fingerprint density at radius 2 is 1.91 bits per heavy atom. The quantitative estimate of drug-likeness (QED) is 0.435. The molecule has 0 bridgehead atoms. The monoisotopic (exact) mass is 505 g/mol. The van der Waals surface area contributed by atoms with Gasteiger partial charge in [0.05, 0.1) is 18.2 Å². The van der Waals surface area contributed by atoms with E-state index in [9.17, 15) is 9.90 Å². The van der Waals surface area contributed by atoms with Crippen LogP contribution in [0.25, 0.3) is 0 Å². The molecule has 2 fully saturated rings. The third-order valence-electron chi connectivity index (χ3n) is 7.67. The summed E-state index contributed by atoms with van der Waals surface area (Å²) in [5, 5.41) is 17.8. The molecule has 0 aromatic heterocycles. The van der Waals surface area contributed by atoms with E-state index in [0.29, 0.717) is 16.6 Å². The number of aliphatic hydroxyl groups excluding tert-OH is 1. The van der Waals surface area contributed by atoms with Gasteiger partial charge in [0.25, 0.3) is 0 Å². The van der Waals surface area contributed by atoms with E-state index in [2.05, 4.69) is 31.4 Å². The molecule has 1 saturated heterocycles. The summed E-state index contributed by atoms with van der Waals surface area (Å²) in [6.07, 6.45) is 8.30. The zero-order valence-corrected chi connectivity index (χ0v) is 21.8. The van der Waals surface area contributed by atoms with Crippen LogP contribution in [0.15, 0.2) is 47.0 Å². The summed E-state index contributed by atoms with van der Waals surface area (Å²) >= 11 is 12.7. The number of halogens is 2. The van der Waals surface area contributed by atoms with Gasteiger partial charge in [0, 0.05) is 34.0 Å². The molecule has 0 spiro atoms. The number of benzene rings is 1. The molecule has 0 radical (unpaired) electrons. The SMILES string of the molecule is CC(C)(C)CC1NC(C(=O)NCC2(CO)CC2)C(C2=CC(Cl)=CCC2)C1(N)c1ccc(Cl)cc1. The van der Waals surface area contributed by atoms with Gasteiger partial charge < -0.3 is 21.5 Å². The number of hydrogen-bond donors (Lipinski definition) is 4. The van der Waals surface area contributed by atoms with Gasteiger partial charge in [0.2, 0.25) is 5.91 Å². The Balaban J connectivity index is 1.76. The van der Waals surface area contributed by atoms with Crippen molar-refractivity contribution in [3.8, 4) is 0 Å². The lowest BCUT2D eigenvalue weighted by Gasteiger charge is -2.41. The molecule has 1 heterocycles. The Labute approximate surface area is 213 Å². The summed E-state index contributed by atoms with van der Waals surface area (Å²) in [5.41, 5.74) is 8.48. The number of amides is 1. The number of nitrogens with one attached hydrogen (secondary N) is 2. The highest BCUT2D eigenvalue weighted by Crippen LogP contribution is 2.48. The third-order valence-corrected chi connectivity index (χ3v) is 8.19. The molecular weight excluding hydrogens is 469 g/mol. The molecule has 5 N–H and O–H groups in total. The number of rotatable bonds is 7. The fourth-order valence-corrected chi connectivity index (χ4v) is 5.91. The Kier molecular flexibility index (Phi) is 7.25. The highest BCUT2D eigenvalue weighted by molar-refractivity contribution is 6.31. The van der Waals surface area contributed by atoms with Gasteiger partial charge in [0.1, 0.15) is 0 Å². The standard InChI is InChI=1S/C27H37Cl2N3O2/c1-25(2,3)14-21-27(30,18-7-9-19(28)10-8-18)22(17-5-4-6-20(29)13-17)23(32-21)24(34)31-15-26(16-33)11-12-26/h6-10,13,21-23,32-33H,4-5,11-12,14-16,30H2,1-3H3,(H,31,34). The molecule has 4 rings (SSSR count). The third kappa shape index (κ3) is 5.24. The van der Waals surface area contributed by atoms with E-state index in [-0.39, 0.29) is 35.3 Å². The van der Waals surface area contributed by atoms with Crippen LogP contribution in [0.1, 0.15) is 58.4 Å². The topological polar surface area (TPSA) is 87.4 Å². The fourth-order valence-electron chi connectivity index (χ4n) is 5.53. The minimum atomic E-state index is -0.825. The normalized spacial score (nSPS) is 30.5. The van der Waals surface area contributed by atoms with E-state index >= 15 is 0 Å². The van der Waals surface area contributed by atoms with Crippen molar-refractivity contribution >= 4 is 29.1 Å². The maximum Gasteiger partial charge on any atom is 0.237 e. The van der Waals surface area contributed by atoms with Crippen LogP contribution in [0.5, 0.6) is 0 Å². The second kappa shape index (κ2) is 9.59. The van der Waals surface area contributed by atoms with Crippen LogP contribution < -0.4 is 16.4 Å². The van der Waals surface area contributed by atoms with Crippen molar-refractivity contribution in [1.82, 2.24) is 10.6 Å². The maximum atomic E-state index is 13.6. The number of aliphatic hydroxyl groups is 1. The maximum absolute atomic E-state index is 13.6. The van der Waals surface area contributed by atoms with Crippen LogP contribution in [0.4, 0.5) is 0 Å². The van der Waals surface area contributed by atoms with Crippen molar-refractivity contribution in [3.63, 3.8) is 0 Å². The molecule has 4 atom stereocenters. The van der Waals surface area contributed by atoms with Gasteiger partial charge in [0.15, 0.2) is 0 Å². The average Bonchev–Trinajstić information content (AvgIpc) is 3.50. The van der Waals surface area contributed by atoms with Gasteiger partial charge in [-0.25, -0.2) is 0 Å². The minimum absolute atomic E-state index is 0.00190. The first-order valence-corrected chi connectivity index (χ1v) is 13.0. The molecule has 1 amide bonds. The van der Waals surface area contributed by atoms with Crippen LogP contribution in [-0.2, 0) is 10.3 Å². The number of nitrogens with two attached hydrogens (primary N) is 1. The van der Waals surface area contributed by atoms with Gasteiger partial charge in [-0.3, -0.25) is 4.79 Å². The summed E-state index contributed by atoms with van der Waals surface area (Å²) < 4.78 is 0. The van der Waals surface area contributed by atoms with Crippen molar-refractivity contribution in [2.75, 3.05) is 13.2 Å². The largest absolute Gasteiger partial charge is 0.396 e. The molecule has 1 saturated carbocycles. The van der Waals surface area contributed by atoms with Crippen molar-refractivity contribution in [2.45, 2.75) is 70.5 Å². The summed E-state index contributed by atoms with van der Waals surface area (Å²) in [6, 6.07) is 7.07. The van der Waals surface area contributed by atoms with Gasteiger partial charge in [-0.1, -0.05) is 67.8 Å². The van der Waals surface area contributed by atoms with Crippen LogP contribution in [-0.4, -0.2) is 36.2 Å². The van der Waals surface area contributed by atoms with Crippen LogP contribution in [0.3, 0.4) is 0 Å². The predicted molar refractivity (Wildman–Crippen MR) is 139 cm³/mol. The molecule has 5 nitrogen and oxygen atoms in total. The first-order chi connectivity index (χ1) is 16.0. The molecule has 2 aliphatic carbocycles. The van der Waals surface area contributed by atoms with E-state index in [1.165, 1.54) is 0 Å². The summed E-state index contributed by atoms with van der Waals surface area (Å²) in [5.74, 6) is -0.343. The molecule has 4 unspecified atom stereocenters. The molecule has 1 aromatic carbocycles. The Hall–Kier alpha value is -1.37. The summed E-state index contributed by atoms with van der Waals surface area (Å²) in [6.45, 7) is 7.15. The van der Waals surface area contributed by atoms with Gasteiger partial charge in [-0.2, -0.15) is 0 Å². The van der Waals surface area contributed by atoms with Gasteiger partial charge in [-0.05, 0) is 61.3 Å². The zero-order valence-electron chi connectivity index (χ0n) is 20.3. The minimum Gasteiger partial charge on any atom is -0.396 e. The van der Waals surface area contributed by atoms with E-state index < -0.39 is 11.6 Å². The zero-order chi connectivity index (χ0) is 24.7. The van der Waals surface area contributed by atoms with Crippen molar-refractivity contribution in [3.05, 3.63) is 57.6 Å². The lowest BCUT2D eigenvalue weighted by molar-refractivity contribution is -0.124. The van der Waals surface area contributed by atoms with Crippen LogP contribution >= 0.6 is 23.2 Å². The van der Waals surface area contributed by atoms with Crippen LogP contribution in [0, 0.1) is 16.7 Å². The lowest BCUT2D eigenvalue weighted by Crippen LogP contribution is -2.53. The van der Waals surface area contributed by atoms with Crippen molar-refractivity contribution in [1.29, 1.82) is 0 Å². The Morgan fingerprint density at radius 3 is 2.47 bits per heavy atom. The second-order valence-electron chi connectivity index (χ2n) is 11.6. The number of carbonyl (C=O) groups excluding carboxylic acids is 1. The average molecular weight is 507 g/mol. The summed E-state index contributed by atoms with van der Waals surface area (Å²) in [7, 11) is 0. The smallest absolute Gasteiger partial charge is 0.237 e. The summed E-state index contributed by atoms with van der Waals surface area (Å²) in [4.78, 5) is 13.6. The Morgan fingerprint density at radius 1 is 1.24 bits per heavy atom. The first kappa shape index (κ1) is 25.7. The van der Waals surface area contributed by atoms with Gasteiger partial charge >= 0.3 is 0 Å². The fraction of sp³-hybridized carbons (Fsp3) is 0.593. The van der Waals surface area contributed by atoms with E-state index in [1.807, 2.05) is 36.4 Å². The van der Waals surface area contributed by atoms with E-state index in [1.54, 1.807) is 0 Å². The number of allylic oxidation sites excluding steroid dienone is 3.